The Morgan fingerprint density at radius 3 is 2.92 bits per heavy atom. The molecule has 0 unspecified atom stereocenters. The molecule has 2 aromatic heterocycles. The van der Waals surface area contributed by atoms with Gasteiger partial charge in [-0.1, -0.05) is 0 Å². The summed E-state index contributed by atoms with van der Waals surface area (Å²) in [5.41, 5.74) is 1.96. The second-order valence-electron chi connectivity index (χ2n) is 7.23. The third-order valence-corrected chi connectivity index (χ3v) is 6.64. The number of aromatic hydroxyl groups is 1. The molecule has 134 valence electrons. The van der Waals surface area contributed by atoms with Crippen LogP contribution in [-0.4, -0.2) is 58.1 Å². The summed E-state index contributed by atoms with van der Waals surface area (Å²) in [6.45, 7) is 2.65. The number of benzene rings is 1. The maximum atomic E-state index is 13.0. The molecule has 1 saturated heterocycles. The van der Waals surface area contributed by atoms with Crippen molar-refractivity contribution in [3.63, 3.8) is 0 Å². The van der Waals surface area contributed by atoms with E-state index in [-0.39, 0.29) is 17.3 Å². The van der Waals surface area contributed by atoms with Crippen molar-refractivity contribution in [3.8, 4) is 5.88 Å². The van der Waals surface area contributed by atoms with Crippen molar-refractivity contribution in [1.29, 1.82) is 0 Å². The Kier molecular flexibility index (Phi) is 3.35. The first-order valence-corrected chi connectivity index (χ1v) is 9.52. The van der Waals surface area contributed by atoms with Crippen LogP contribution >= 0.6 is 11.3 Å². The molecule has 4 heterocycles. The van der Waals surface area contributed by atoms with Gasteiger partial charge in [0.2, 0.25) is 5.88 Å². The number of carbonyl (C=O) groups is 1. The van der Waals surface area contributed by atoms with E-state index in [0.29, 0.717) is 22.5 Å². The summed E-state index contributed by atoms with van der Waals surface area (Å²) >= 11 is 1.47. The minimum Gasteiger partial charge on any atom is -0.492 e. The van der Waals surface area contributed by atoms with Gasteiger partial charge in [-0.25, -0.2) is 9.97 Å². The molecule has 26 heavy (non-hydrogen) atoms. The molecule has 5 rings (SSSR count). The van der Waals surface area contributed by atoms with E-state index in [1.54, 1.807) is 0 Å². The average molecular weight is 369 g/mol. The van der Waals surface area contributed by atoms with Gasteiger partial charge in [0.15, 0.2) is 0 Å². The zero-order chi connectivity index (χ0) is 17.9. The molecule has 0 aliphatic carbocycles. The van der Waals surface area contributed by atoms with E-state index in [2.05, 4.69) is 32.5 Å². The molecule has 1 fully saturated rings. The lowest BCUT2D eigenvalue weighted by atomic mass is 9.87. The lowest BCUT2D eigenvalue weighted by Crippen LogP contribution is -2.57. The summed E-state index contributed by atoms with van der Waals surface area (Å²) in [5, 5.41) is 17.4. The topological polar surface area (TPSA) is 90.4 Å². The number of thiophene rings is 1. The maximum Gasteiger partial charge on any atom is 0.264 e. The molecule has 2 aliphatic rings. The fourth-order valence-corrected chi connectivity index (χ4v) is 5.01. The highest BCUT2D eigenvalue weighted by molar-refractivity contribution is 7.21. The molecular formula is C18H19N5O2S. The number of aromatic nitrogens is 2. The second kappa shape index (κ2) is 5.52. The average Bonchev–Trinajstić information content (AvgIpc) is 2.95. The molecule has 8 heteroatoms. The lowest BCUT2D eigenvalue weighted by molar-refractivity contribution is 0.0856. The number of anilines is 1. The van der Waals surface area contributed by atoms with Crippen molar-refractivity contribution in [2.45, 2.75) is 18.4 Å². The van der Waals surface area contributed by atoms with Crippen LogP contribution in [0.25, 0.3) is 21.1 Å². The van der Waals surface area contributed by atoms with Crippen molar-refractivity contribution < 1.29 is 9.90 Å². The summed E-state index contributed by atoms with van der Waals surface area (Å²) in [7, 11) is 2.11. The van der Waals surface area contributed by atoms with Gasteiger partial charge in [-0.2, -0.15) is 0 Å². The van der Waals surface area contributed by atoms with E-state index < -0.39 is 0 Å². The molecule has 1 spiro atoms. The zero-order valence-corrected chi connectivity index (χ0v) is 15.2. The van der Waals surface area contributed by atoms with E-state index in [4.69, 9.17) is 0 Å². The van der Waals surface area contributed by atoms with Gasteiger partial charge in [0.05, 0.1) is 28.5 Å². The number of carbonyl (C=O) groups excluding carboxylic acids is 1. The predicted molar refractivity (Wildman–Crippen MR) is 102 cm³/mol. The van der Waals surface area contributed by atoms with Crippen LogP contribution in [0.3, 0.4) is 0 Å². The van der Waals surface area contributed by atoms with Gasteiger partial charge in [0, 0.05) is 29.7 Å². The second-order valence-corrected chi connectivity index (χ2v) is 8.28. The van der Waals surface area contributed by atoms with E-state index in [1.165, 1.54) is 17.5 Å². The lowest BCUT2D eigenvalue weighted by Gasteiger charge is -2.40. The molecule has 2 aliphatic heterocycles. The first kappa shape index (κ1) is 15.8. The van der Waals surface area contributed by atoms with Crippen LogP contribution in [0.4, 0.5) is 5.69 Å². The fraction of sp³-hybridized carbons (Fsp3) is 0.389. The van der Waals surface area contributed by atoms with Gasteiger partial charge >= 0.3 is 0 Å². The number of amides is 1. The molecule has 0 radical (unpaired) electrons. The summed E-state index contributed by atoms with van der Waals surface area (Å²) in [4.78, 5) is 24.5. The number of hydrogen-bond acceptors (Lipinski definition) is 7. The monoisotopic (exact) mass is 369 g/mol. The Labute approximate surface area is 154 Å². The third kappa shape index (κ3) is 2.33. The van der Waals surface area contributed by atoms with Crippen molar-refractivity contribution >= 4 is 44.1 Å². The molecule has 0 saturated carbocycles. The number of likely N-dealkylation sites (tertiary alicyclic amines) is 1. The van der Waals surface area contributed by atoms with Gasteiger partial charge in [0.25, 0.3) is 5.91 Å². The molecular weight excluding hydrogens is 350 g/mol. The predicted octanol–water partition coefficient (Wildman–Crippen LogP) is 2.17. The molecule has 1 aromatic carbocycles. The summed E-state index contributed by atoms with van der Waals surface area (Å²) < 4.78 is 0.990. The van der Waals surface area contributed by atoms with Crippen molar-refractivity contribution in [1.82, 2.24) is 20.2 Å². The van der Waals surface area contributed by atoms with Crippen LogP contribution in [0, 0.1) is 0 Å². The molecule has 7 nitrogen and oxygen atoms in total. The quantitative estimate of drug-likeness (QED) is 0.563. The van der Waals surface area contributed by atoms with Crippen LogP contribution in [0.1, 0.15) is 22.5 Å². The van der Waals surface area contributed by atoms with Crippen LogP contribution in [-0.2, 0) is 0 Å². The number of nitrogens with zero attached hydrogens (tertiary/aromatic N) is 3. The first-order chi connectivity index (χ1) is 12.5. The van der Waals surface area contributed by atoms with Crippen LogP contribution in [0.5, 0.6) is 5.88 Å². The van der Waals surface area contributed by atoms with Gasteiger partial charge in [-0.3, -0.25) is 4.79 Å². The third-order valence-electron chi connectivity index (χ3n) is 5.48. The highest BCUT2D eigenvalue weighted by Crippen LogP contribution is 2.41. The first-order valence-electron chi connectivity index (χ1n) is 8.71. The summed E-state index contributed by atoms with van der Waals surface area (Å²) in [6.07, 6.45) is 3.22. The molecule has 0 atom stereocenters. The van der Waals surface area contributed by atoms with Crippen molar-refractivity contribution in [3.05, 3.63) is 23.2 Å². The summed E-state index contributed by atoms with van der Waals surface area (Å²) in [6, 6.07) is 3.77. The summed E-state index contributed by atoms with van der Waals surface area (Å²) in [5.74, 6) is -0.121. The minimum atomic E-state index is -0.205. The van der Waals surface area contributed by atoms with E-state index in [0.717, 1.165) is 41.7 Å². The van der Waals surface area contributed by atoms with E-state index in [1.807, 2.05) is 12.1 Å². The molecule has 3 aromatic rings. The number of rotatable bonds is 0. The molecule has 0 bridgehead atoms. The Morgan fingerprint density at radius 1 is 1.31 bits per heavy atom. The van der Waals surface area contributed by atoms with Crippen molar-refractivity contribution in [2.24, 2.45) is 0 Å². The van der Waals surface area contributed by atoms with Crippen molar-refractivity contribution in [2.75, 3.05) is 32.0 Å². The maximum absolute atomic E-state index is 13.0. The molecule has 1 amide bonds. The smallest absolute Gasteiger partial charge is 0.264 e. The van der Waals surface area contributed by atoms with Gasteiger partial charge in [0.1, 0.15) is 4.88 Å². The Balaban J connectivity index is 1.64. The number of hydrogen-bond donors (Lipinski definition) is 3. The normalized spacial score (nSPS) is 20.0. The SMILES string of the molecule is CN1CCC2(CC1)CNc1c(sc3ccc4nc(O)cnc4c13)C(=O)N2. The number of piperidine rings is 1. The highest BCUT2D eigenvalue weighted by Gasteiger charge is 2.39. The molecule has 3 N–H and O–H groups in total. The largest absolute Gasteiger partial charge is 0.492 e. The Hall–Kier alpha value is -2.45. The standard InChI is InChI=1S/C18H19N5O2S/c1-23-6-4-18(5-7-23)9-20-15-13-11(26-16(15)17(25)22-18)3-2-10-14(13)19-8-12(24)21-10/h2-3,8,20H,4-7,9H2,1H3,(H,21,24)(H,22,25). The van der Waals surface area contributed by atoms with Gasteiger partial charge in [-0.05, 0) is 32.0 Å². The zero-order valence-electron chi connectivity index (χ0n) is 14.4. The fourth-order valence-electron chi connectivity index (χ4n) is 3.93. The Bertz CT molecular complexity index is 1040. The van der Waals surface area contributed by atoms with Crippen LogP contribution < -0.4 is 10.6 Å². The van der Waals surface area contributed by atoms with Gasteiger partial charge < -0.3 is 20.6 Å². The van der Waals surface area contributed by atoms with Crippen LogP contribution in [0.15, 0.2) is 18.3 Å². The van der Waals surface area contributed by atoms with Gasteiger partial charge in [-0.15, -0.1) is 11.3 Å². The van der Waals surface area contributed by atoms with E-state index >= 15 is 0 Å². The Morgan fingerprint density at radius 2 is 2.12 bits per heavy atom. The minimum absolute atomic E-state index is 0.0179. The number of fused-ring (bicyclic) bond motifs is 5. The number of nitrogens with one attached hydrogen (secondary N) is 2. The van der Waals surface area contributed by atoms with Crippen LogP contribution in [0.2, 0.25) is 0 Å². The van der Waals surface area contributed by atoms with E-state index in [9.17, 15) is 9.90 Å². The highest BCUT2D eigenvalue weighted by atomic mass is 32.1.